The van der Waals surface area contributed by atoms with Crippen LogP contribution in [0.3, 0.4) is 0 Å². The van der Waals surface area contributed by atoms with Crippen molar-refractivity contribution in [3.05, 3.63) is 46.5 Å². The zero-order valence-corrected chi connectivity index (χ0v) is 11.7. The molecule has 0 radical (unpaired) electrons. The van der Waals surface area contributed by atoms with Crippen LogP contribution in [0.5, 0.6) is 23.0 Å². The van der Waals surface area contributed by atoms with Crippen LogP contribution in [0.25, 0.3) is 0 Å². The molecule has 0 saturated heterocycles. The molecule has 0 aliphatic carbocycles. The average Bonchev–Trinajstić information content (AvgIpc) is 2.37. The van der Waals surface area contributed by atoms with Crippen LogP contribution in [0.15, 0.2) is 24.3 Å². The lowest BCUT2D eigenvalue weighted by atomic mass is 9.89. The summed E-state index contributed by atoms with van der Waals surface area (Å²) in [5.74, 6) is -0.102. The van der Waals surface area contributed by atoms with E-state index in [-0.39, 0.29) is 28.9 Å². The minimum Gasteiger partial charge on any atom is -0.508 e. The van der Waals surface area contributed by atoms with Crippen molar-refractivity contribution in [1.29, 1.82) is 0 Å². The number of rotatable bonds is 2. The SMILES string of the molecule is Cc1cc(O)cc(C(C)c2cc(O)cc(C)c2O)c1O. The molecule has 0 heterocycles. The van der Waals surface area contributed by atoms with Gasteiger partial charge < -0.3 is 20.4 Å². The molecule has 2 aromatic carbocycles. The fraction of sp³-hybridized carbons (Fsp3) is 0.250. The van der Waals surface area contributed by atoms with Crippen LogP contribution in [0.1, 0.15) is 35.1 Å². The minimum atomic E-state index is -0.369. The number of hydrogen-bond acceptors (Lipinski definition) is 4. The number of phenols is 4. The predicted molar refractivity (Wildman–Crippen MR) is 76.5 cm³/mol. The van der Waals surface area contributed by atoms with Gasteiger partial charge in [-0.1, -0.05) is 6.92 Å². The van der Waals surface area contributed by atoms with E-state index in [2.05, 4.69) is 0 Å². The van der Waals surface area contributed by atoms with E-state index >= 15 is 0 Å². The molecular weight excluding hydrogens is 256 g/mol. The third-order valence-electron chi connectivity index (χ3n) is 3.56. The van der Waals surface area contributed by atoms with Crippen molar-refractivity contribution >= 4 is 0 Å². The molecule has 2 aromatic rings. The Hall–Kier alpha value is -2.36. The number of aromatic hydroxyl groups is 4. The average molecular weight is 274 g/mol. The lowest BCUT2D eigenvalue weighted by Gasteiger charge is -2.18. The van der Waals surface area contributed by atoms with E-state index in [0.29, 0.717) is 22.3 Å². The van der Waals surface area contributed by atoms with Gasteiger partial charge in [-0.15, -0.1) is 0 Å². The molecule has 0 amide bonds. The second-order valence-corrected chi connectivity index (χ2v) is 5.12. The van der Waals surface area contributed by atoms with Crippen LogP contribution in [-0.4, -0.2) is 20.4 Å². The van der Waals surface area contributed by atoms with Crippen molar-refractivity contribution in [1.82, 2.24) is 0 Å². The molecule has 106 valence electrons. The summed E-state index contributed by atoms with van der Waals surface area (Å²) in [6, 6.07) is 5.87. The zero-order valence-electron chi connectivity index (χ0n) is 11.7. The highest BCUT2D eigenvalue weighted by Crippen LogP contribution is 2.41. The third-order valence-corrected chi connectivity index (χ3v) is 3.56. The van der Waals surface area contributed by atoms with Gasteiger partial charge in [-0.2, -0.15) is 0 Å². The van der Waals surface area contributed by atoms with Crippen molar-refractivity contribution < 1.29 is 20.4 Å². The van der Waals surface area contributed by atoms with Crippen LogP contribution >= 0.6 is 0 Å². The topological polar surface area (TPSA) is 80.9 Å². The van der Waals surface area contributed by atoms with Gasteiger partial charge in [0.1, 0.15) is 23.0 Å². The first kappa shape index (κ1) is 14.1. The maximum absolute atomic E-state index is 10.1. The zero-order chi connectivity index (χ0) is 15.0. The van der Waals surface area contributed by atoms with E-state index in [4.69, 9.17) is 0 Å². The summed E-state index contributed by atoms with van der Waals surface area (Å²) in [6.45, 7) is 5.18. The Bertz CT molecular complexity index is 605. The van der Waals surface area contributed by atoms with Gasteiger partial charge in [-0.05, 0) is 49.2 Å². The van der Waals surface area contributed by atoms with Gasteiger partial charge >= 0.3 is 0 Å². The van der Waals surface area contributed by atoms with Crippen molar-refractivity contribution in [2.75, 3.05) is 0 Å². The molecule has 0 saturated carbocycles. The lowest BCUT2D eigenvalue weighted by molar-refractivity contribution is 0.439. The standard InChI is InChI=1S/C16H18O4/c1-8-4-11(17)6-13(15(8)19)10(3)14-7-12(18)5-9(2)16(14)20/h4-7,10,17-20H,1-3H3. The van der Waals surface area contributed by atoms with Crippen molar-refractivity contribution in [3.8, 4) is 23.0 Å². The second-order valence-electron chi connectivity index (χ2n) is 5.12. The van der Waals surface area contributed by atoms with Gasteiger partial charge in [0, 0.05) is 17.0 Å². The quantitative estimate of drug-likeness (QED) is 0.633. The summed E-state index contributed by atoms with van der Waals surface area (Å²) in [6.07, 6.45) is 0. The summed E-state index contributed by atoms with van der Waals surface area (Å²) < 4.78 is 0. The molecule has 20 heavy (non-hydrogen) atoms. The van der Waals surface area contributed by atoms with Crippen LogP contribution < -0.4 is 0 Å². The molecule has 0 aliphatic heterocycles. The van der Waals surface area contributed by atoms with Crippen molar-refractivity contribution in [3.63, 3.8) is 0 Å². The van der Waals surface area contributed by atoms with Crippen LogP contribution in [0.4, 0.5) is 0 Å². The second kappa shape index (κ2) is 4.96. The molecule has 0 aromatic heterocycles. The Labute approximate surface area is 117 Å². The summed E-state index contributed by atoms with van der Waals surface area (Å²) in [5, 5.41) is 39.6. The summed E-state index contributed by atoms with van der Waals surface area (Å²) in [4.78, 5) is 0. The normalized spacial score (nSPS) is 11.0. The van der Waals surface area contributed by atoms with E-state index in [1.54, 1.807) is 20.8 Å². The largest absolute Gasteiger partial charge is 0.508 e. The molecule has 4 heteroatoms. The molecule has 0 spiro atoms. The Balaban J connectivity index is 2.60. The van der Waals surface area contributed by atoms with Crippen LogP contribution in [0, 0.1) is 13.8 Å². The van der Waals surface area contributed by atoms with E-state index < -0.39 is 0 Å². The molecule has 0 bridgehead atoms. The Morgan fingerprint density at radius 1 is 0.700 bits per heavy atom. The van der Waals surface area contributed by atoms with Gasteiger partial charge in [0.05, 0.1) is 0 Å². The molecule has 4 nitrogen and oxygen atoms in total. The van der Waals surface area contributed by atoms with E-state index in [0.717, 1.165) is 0 Å². The summed E-state index contributed by atoms with van der Waals surface area (Å²) >= 11 is 0. The third kappa shape index (κ3) is 2.37. The molecule has 0 atom stereocenters. The van der Waals surface area contributed by atoms with E-state index in [9.17, 15) is 20.4 Å². The van der Waals surface area contributed by atoms with Crippen LogP contribution in [0.2, 0.25) is 0 Å². The molecule has 0 unspecified atom stereocenters. The Morgan fingerprint density at radius 2 is 1.05 bits per heavy atom. The highest BCUT2D eigenvalue weighted by molar-refractivity contribution is 5.54. The number of hydrogen-bond donors (Lipinski definition) is 4. The Kier molecular flexibility index (Phi) is 3.49. The summed E-state index contributed by atoms with van der Waals surface area (Å²) in [7, 11) is 0. The van der Waals surface area contributed by atoms with Gasteiger partial charge in [-0.25, -0.2) is 0 Å². The van der Waals surface area contributed by atoms with E-state index in [1.165, 1.54) is 24.3 Å². The highest BCUT2D eigenvalue weighted by atomic mass is 16.3. The first-order chi connectivity index (χ1) is 9.31. The smallest absolute Gasteiger partial charge is 0.122 e. The predicted octanol–water partition coefficient (Wildman–Crippen LogP) is 3.28. The minimum absolute atomic E-state index is 0.0542. The number of phenolic OH excluding ortho intramolecular Hbond substituents is 4. The fourth-order valence-electron chi connectivity index (χ4n) is 2.40. The first-order valence-electron chi connectivity index (χ1n) is 6.36. The monoisotopic (exact) mass is 274 g/mol. The van der Waals surface area contributed by atoms with Gasteiger partial charge in [0.15, 0.2) is 0 Å². The summed E-state index contributed by atoms with van der Waals surface area (Å²) in [5.41, 5.74) is 2.12. The van der Waals surface area contributed by atoms with Gasteiger partial charge in [0.2, 0.25) is 0 Å². The highest BCUT2D eigenvalue weighted by Gasteiger charge is 2.20. The van der Waals surface area contributed by atoms with Crippen LogP contribution in [-0.2, 0) is 0 Å². The fourth-order valence-corrected chi connectivity index (χ4v) is 2.40. The van der Waals surface area contributed by atoms with Gasteiger partial charge in [0.25, 0.3) is 0 Å². The maximum atomic E-state index is 10.1. The molecular formula is C16H18O4. The Morgan fingerprint density at radius 3 is 1.40 bits per heavy atom. The molecule has 2 rings (SSSR count). The first-order valence-corrected chi connectivity index (χ1v) is 6.36. The molecule has 0 fully saturated rings. The number of aryl methyl sites for hydroxylation is 2. The van der Waals surface area contributed by atoms with Crippen molar-refractivity contribution in [2.45, 2.75) is 26.7 Å². The maximum Gasteiger partial charge on any atom is 0.122 e. The molecule has 0 aliphatic rings. The molecule has 4 N–H and O–H groups in total. The lowest BCUT2D eigenvalue weighted by Crippen LogP contribution is -1.99. The van der Waals surface area contributed by atoms with E-state index in [1.807, 2.05) is 0 Å². The van der Waals surface area contributed by atoms with Crippen molar-refractivity contribution in [2.24, 2.45) is 0 Å². The number of benzene rings is 2. The van der Waals surface area contributed by atoms with Gasteiger partial charge in [-0.3, -0.25) is 0 Å².